The fraction of sp³-hybridized carbons (Fsp3) is 1.00. The molecular formula is C6H17ClSiSn. The second-order valence-corrected chi connectivity index (χ2v) is 14.9. The van der Waals surface area contributed by atoms with Crippen LogP contribution in [0.2, 0.25) is 27.9 Å². The van der Waals surface area contributed by atoms with Crippen LogP contribution < -0.4 is 0 Å². The zero-order valence-corrected chi connectivity index (χ0v) is 11.7. The molecule has 0 saturated heterocycles. The molecule has 9 heavy (non-hydrogen) atoms. The summed E-state index contributed by atoms with van der Waals surface area (Å²) in [4.78, 5) is 7.09. The van der Waals surface area contributed by atoms with Gasteiger partial charge in [0, 0.05) is 5.50 Å². The molecule has 0 aromatic rings. The number of hydrogen-bond acceptors (Lipinski definition) is 0. The van der Waals surface area contributed by atoms with E-state index >= 15 is 0 Å². The number of rotatable bonds is 1. The Balaban J connectivity index is 0. The maximum atomic E-state index is 5.38. The molecule has 0 aliphatic heterocycles. The minimum absolute atomic E-state index is 0.109. The molecule has 0 aromatic carbocycles. The Bertz CT molecular complexity index is 45.6. The van der Waals surface area contributed by atoms with Crippen LogP contribution >= 0.6 is 11.6 Å². The van der Waals surface area contributed by atoms with Crippen LogP contribution in [0.25, 0.3) is 0 Å². The quantitative estimate of drug-likeness (QED) is 0.508. The third kappa shape index (κ3) is 45.5. The van der Waals surface area contributed by atoms with E-state index in [0.29, 0.717) is 0 Å². The SMILES string of the molecule is C[Si](C)CCl.[CH3][Sn]([CH3])[CH3]. The summed E-state index contributed by atoms with van der Waals surface area (Å²) in [6.07, 6.45) is 0. The minimum atomic E-state index is -0.543. The average Bonchev–Trinajstić information content (AvgIpc) is 1.65. The topological polar surface area (TPSA) is 0 Å². The summed E-state index contributed by atoms with van der Waals surface area (Å²) >= 11 is 4.84. The van der Waals surface area contributed by atoms with Crippen molar-refractivity contribution in [3.63, 3.8) is 0 Å². The van der Waals surface area contributed by atoms with Crippen molar-refractivity contribution in [2.45, 2.75) is 27.9 Å². The van der Waals surface area contributed by atoms with E-state index in [4.69, 9.17) is 11.6 Å². The van der Waals surface area contributed by atoms with E-state index in [9.17, 15) is 0 Å². The second kappa shape index (κ2) is 9.31. The third-order valence-electron chi connectivity index (χ3n) is 0.267. The van der Waals surface area contributed by atoms with Gasteiger partial charge in [-0.3, -0.25) is 0 Å². The Morgan fingerprint density at radius 3 is 1.33 bits per heavy atom. The van der Waals surface area contributed by atoms with E-state index in [1.54, 1.807) is 0 Å². The normalized spacial score (nSPS) is 9.33. The van der Waals surface area contributed by atoms with Crippen molar-refractivity contribution in [3.8, 4) is 0 Å². The monoisotopic (exact) mass is 272 g/mol. The van der Waals surface area contributed by atoms with Crippen molar-refractivity contribution >= 4 is 40.2 Å². The average molecular weight is 271 g/mol. The molecule has 0 nitrogen and oxygen atoms in total. The second-order valence-electron chi connectivity index (χ2n) is 2.84. The van der Waals surface area contributed by atoms with Crippen LogP contribution in [-0.2, 0) is 0 Å². The molecule has 0 fully saturated rings. The van der Waals surface area contributed by atoms with Crippen LogP contribution in [0.5, 0.6) is 0 Å². The number of alkyl halides is 1. The summed E-state index contributed by atoms with van der Waals surface area (Å²) in [6, 6.07) is 0. The van der Waals surface area contributed by atoms with Gasteiger partial charge in [-0.2, -0.15) is 0 Å². The predicted molar refractivity (Wildman–Crippen MR) is 51.5 cm³/mol. The molecule has 0 aromatic heterocycles. The first-order valence-electron chi connectivity index (χ1n) is 3.12. The van der Waals surface area contributed by atoms with Crippen LogP contribution in [0.3, 0.4) is 0 Å². The van der Waals surface area contributed by atoms with Crippen molar-refractivity contribution < 1.29 is 0 Å². The van der Waals surface area contributed by atoms with Crippen molar-refractivity contribution in [2.24, 2.45) is 0 Å². The summed E-state index contributed by atoms with van der Waals surface area (Å²) in [5.74, 6) is 0. The van der Waals surface area contributed by atoms with Crippen LogP contribution in [-0.4, -0.2) is 34.1 Å². The Morgan fingerprint density at radius 1 is 1.22 bits per heavy atom. The van der Waals surface area contributed by atoms with E-state index in [2.05, 4.69) is 27.9 Å². The predicted octanol–water partition coefficient (Wildman–Crippen LogP) is 2.89. The molecule has 0 bridgehead atoms. The van der Waals surface area contributed by atoms with Gasteiger partial charge >= 0.3 is 34.6 Å². The van der Waals surface area contributed by atoms with E-state index in [-0.39, 0.29) is 8.80 Å². The van der Waals surface area contributed by atoms with Crippen molar-refractivity contribution in [1.82, 2.24) is 0 Å². The number of halogens is 1. The van der Waals surface area contributed by atoms with Crippen LogP contribution in [0, 0.1) is 0 Å². The molecule has 0 heterocycles. The van der Waals surface area contributed by atoms with Crippen LogP contribution in [0.4, 0.5) is 0 Å². The fourth-order valence-electron chi connectivity index (χ4n) is 0. The zero-order chi connectivity index (χ0) is 7.86. The Kier molecular flexibility index (Phi) is 13.4. The molecule has 0 rings (SSSR count). The first-order valence-corrected chi connectivity index (χ1v) is 14.9. The Morgan fingerprint density at radius 2 is 1.33 bits per heavy atom. The molecule has 0 saturated carbocycles. The summed E-state index contributed by atoms with van der Waals surface area (Å²) in [7, 11) is -0.109. The molecule has 0 spiro atoms. The van der Waals surface area contributed by atoms with E-state index in [0.717, 1.165) is 5.50 Å². The molecule has 2 radical (unpaired) electrons. The third-order valence-corrected chi connectivity index (χ3v) is 2.41. The van der Waals surface area contributed by atoms with Gasteiger partial charge in [-0.05, 0) is 0 Å². The van der Waals surface area contributed by atoms with Crippen LogP contribution in [0.15, 0.2) is 0 Å². The zero-order valence-electron chi connectivity index (χ0n) is 7.09. The molecule has 3 heteroatoms. The Labute approximate surface area is 73.3 Å². The first-order chi connectivity index (χ1) is 4.00. The molecule has 56 valence electrons. The van der Waals surface area contributed by atoms with Gasteiger partial charge in [0.05, 0.1) is 8.80 Å². The summed E-state index contributed by atoms with van der Waals surface area (Å²) in [5.41, 5.74) is 0.880. The van der Waals surface area contributed by atoms with Gasteiger partial charge in [0.1, 0.15) is 0 Å². The fourth-order valence-corrected chi connectivity index (χ4v) is 0. The van der Waals surface area contributed by atoms with Gasteiger partial charge < -0.3 is 0 Å². The first kappa shape index (κ1) is 12.9. The van der Waals surface area contributed by atoms with Crippen molar-refractivity contribution in [3.05, 3.63) is 0 Å². The standard InChI is InChI=1S/C3H8ClSi.3CH3.Sn/c1-5(2)3-4;;;;/h3H2,1-2H3;3*1H3;. The maximum absolute atomic E-state index is 5.38. The molecule has 0 aliphatic carbocycles. The van der Waals surface area contributed by atoms with E-state index in [1.807, 2.05) is 0 Å². The molecule has 0 atom stereocenters. The number of hydrogen-bond donors (Lipinski definition) is 0. The van der Waals surface area contributed by atoms with Crippen molar-refractivity contribution in [2.75, 3.05) is 5.50 Å². The van der Waals surface area contributed by atoms with Crippen LogP contribution in [0.1, 0.15) is 0 Å². The van der Waals surface area contributed by atoms with Gasteiger partial charge in [0.2, 0.25) is 0 Å². The van der Waals surface area contributed by atoms with E-state index in [1.165, 1.54) is 0 Å². The summed E-state index contributed by atoms with van der Waals surface area (Å²) < 4.78 is 0. The van der Waals surface area contributed by atoms with Gasteiger partial charge in [0.25, 0.3) is 0 Å². The van der Waals surface area contributed by atoms with Gasteiger partial charge in [-0.1, -0.05) is 13.1 Å². The summed E-state index contributed by atoms with van der Waals surface area (Å²) in [5, 5.41) is 0. The molecular weight excluding hydrogens is 254 g/mol. The summed E-state index contributed by atoms with van der Waals surface area (Å²) in [6.45, 7) is 4.38. The molecule has 0 N–H and O–H groups in total. The van der Waals surface area contributed by atoms with Gasteiger partial charge in [-0.15, -0.1) is 11.6 Å². The van der Waals surface area contributed by atoms with Gasteiger partial charge in [-0.25, -0.2) is 0 Å². The molecule has 0 unspecified atom stereocenters. The molecule has 0 amide bonds. The van der Waals surface area contributed by atoms with E-state index < -0.39 is 19.8 Å². The van der Waals surface area contributed by atoms with Crippen molar-refractivity contribution in [1.29, 1.82) is 0 Å². The Hall–Kier alpha value is 1.31. The van der Waals surface area contributed by atoms with Gasteiger partial charge in [0.15, 0.2) is 0 Å². The molecule has 0 aliphatic rings.